The summed E-state index contributed by atoms with van der Waals surface area (Å²) in [5, 5.41) is 7.87. The van der Waals surface area contributed by atoms with Gasteiger partial charge in [0.05, 0.1) is 11.7 Å². The molecular formula is C25H39Cl2N5O2Si. The first-order valence-corrected chi connectivity index (χ1v) is 16.5. The minimum absolute atomic E-state index is 0. The predicted octanol–water partition coefficient (Wildman–Crippen LogP) is 5.65. The Bertz CT molecular complexity index is 1040. The molecule has 35 heavy (non-hydrogen) atoms. The number of carbonyl (C=O) groups excluding carboxylic acids is 1. The molecule has 0 spiro atoms. The maximum atomic E-state index is 12.8. The van der Waals surface area contributed by atoms with Gasteiger partial charge in [0.25, 0.3) is 0 Å². The van der Waals surface area contributed by atoms with Gasteiger partial charge in [-0.15, -0.1) is 12.4 Å². The van der Waals surface area contributed by atoms with E-state index in [0.29, 0.717) is 35.5 Å². The van der Waals surface area contributed by atoms with E-state index in [9.17, 15) is 4.79 Å². The number of aromatic nitrogens is 3. The summed E-state index contributed by atoms with van der Waals surface area (Å²) in [7, 11) is -1.13. The highest BCUT2D eigenvalue weighted by atomic mass is 35.5. The Labute approximate surface area is 221 Å². The fourth-order valence-electron chi connectivity index (χ4n) is 4.75. The van der Waals surface area contributed by atoms with Crippen LogP contribution in [0.5, 0.6) is 0 Å². The molecule has 0 aromatic carbocycles. The molecule has 1 atom stereocenters. The summed E-state index contributed by atoms with van der Waals surface area (Å²) in [4.78, 5) is 17.3. The number of nitrogens with one attached hydrogen (secondary N) is 1. The second-order valence-corrected chi connectivity index (χ2v) is 17.2. The van der Waals surface area contributed by atoms with Crippen molar-refractivity contribution in [2.24, 2.45) is 23.5 Å². The van der Waals surface area contributed by atoms with E-state index in [4.69, 9.17) is 22.1 Å². The Morgan fingerprint density at radius 3 is 2.40 bits per heavy atom. The Morgan fingerprint density at radius 1 is 1.23 bits per heavy atom. The number of anilines is 1. The normalized spacial score (nSPS) is 16.8. The summed E-state index contributed by atoms with van der Waals surface area (Å²) >= 11 is 6.58. The Hall–Kier alpha value is -1.45. The van der Waals surface area contributed by atoms with Crippen LogP contribution in [0.2, 0.25) is 30.8 Å². The summed E-state index contributed by atoms with van der Waals surface area (Å²) in [5.74, 6) is 1.76. The van der Waals surface area contributed by atoms with Crippen LogP contribution in [0.15, 0.2) is 12.1 Å². The molecule has 0 bridgehead atoms. The van der Waals surface area contributed by atoms with Gasteiger partial charge in [-0.25, -0.2) is 9.67 Å². The van der Waals surface area contributed by atoms with Gasteiger partial charge < -0.3 is 15.8 Å². The van der Waals surface area contributed by atoms with E-state index in [-0.39, 0.29) is 18.3 Å². The lowest BCUT2D eigenvalue weighted by Crippen LogP contribution is -2.43. The zero-order valence-electron chi connectivity index (χ0n) is 21.4. The van der Waals surface area contributed by atoms with E-state index in [1.807, 2.05) is 24.6 Å². The number of ether oxygens (including phenoxy) is 1. The van der Waals surface area contributed by atoms with E-state index in [1.165, 1.54) is 25.7 Å². The van der Waals surface area contributed by atoms with Crippen LogP contribution >= 0.6 is 24.0 Å². The van der Waals surface area contributed by atoms with E-state index in [0.717, 1.165) is 35.2 Å². The summed E-state index contributed by atoms with van der Waals surface area (Å²) in [6.07, 6.45) is 4.76. The van der Waals surface area contributed by atoms with Crippen molar-refractivity contribution in [2.45, 2.75) is 78.0 Å². The van der Waals surface area contributed by atoms with Crippen LogP contribution in [0.3, 0.4) is 0 Å². The Kier molecular flexibility index (Phi) is 9.08. The number of amides is 1. The summed E-state index contributed by atoms with van der Waals surface area (Å²) in [5.41, 5.74) is 9.96. The largest absolute Gasteiger partial charge is 0.360 e. The van der Waals surface area contributed by atoms with Crippen LogP contribution in [-0.2, 0) is 16.3 Å². The topological polar surface area (TPSA) is 95.1 Å². The number of hydrogen-bond acceptors (Lipinski definition) is 5. The van der Waals surface area contributed by atoms with Gasteiger partial charge in [0.2, 0.25) is 5.91 Å². The molecule has 2 aromatic heterocycles. The molecule has 2 saturated carbocycles. The van der Waals surface area contributed by atoms with Crippen molar-refractivity contribution in [2.75, 3.05) is 11.9 Å². The number of pyridine rings is 1. The minimum atomic E-state index is -1.13. The van der Waals surface area contributed by atoms with Gasteiger partial charge in [0, 0.05) is 31.5 Å². The zero-order valence-corrected chi connectivity index (χ0v) is 24.0. The summed E-state index contributed by atoms with van der Waals surface area (Å²) in [6.45, 7) is 12.1. The second kappa shape index (κ2) is 11.3. The first kappa shape index (κ1) is 28.1. The maximum Gasteiger partial charge on any atom is 0.242 e. The second-order valence-electron chi connectivity index (χ2n) is 11.2. The Morgan fingerprint density at radius 2 is 1.86 bits per heavy atom. The molecule has 2 aliphatic rings. The molecule has 7 nitrogen and oxygen atoms in total. The average molecular weight is 541 g/mol. The van der Waals surface area contributed by atoms with Crippen molar-refractivity contribution in [3.05, 3.63) is 28.7 Å². The van der Waals surface area contributed by atoms with E-state index in [1.54, 1.807) is 6.07 Å². The highest BCUT2D eigenvalue weighted by Crippen LogP contribution is 2.50. The van der Waals surface area contributed by atoms with Gasteiger partial charge in [0.15, 0.2) is 0 Å². The lowest BCUT2D eigenvalue weighted by Gasteiger charge is -2.22. The molecule has 0 unspecified atom stereocenters. The molecule has 194 valence electrons. The number of carbonyl (C=O) groups is 1. The van der Waals surface area contributed by atoms with E-state index in [2.05, 4.69) is 35.0 Å². The number of rotatable bonds is 11. The molecule has 10 heteroatoms. The van der Waals surface area contributed by atoms with Crippen molar-refractivity contribution in [3.63, 3.8) is 0 Å². The van der Waals surface area contributed by atoms with E-state index < -0.39 is 14.1 Å². The third-order valence-corrected chi connectivity index (χ3v) is 9.00. The number of halogens is 2. The molecule has 2 heterocycles. The minimum Gasteiger partial charge on any atom is -0.360 e. The van der Waals surface area contributed by atoms with Crippen molar-refractivity contribution in [1.82, 2.24) is 14.8 Å². The third kappa shape index (κ3) is 7.07. The molecule has 3 N–H and O–H groups in total. The molecule has 0 radical (unpaired) electrons. The molecule has 2 fully saturated rings. The van der Waals surface area contributed by atoms with Crippen LogP contribution in [0, 0.1) is 31.6 Å². The average Bonchev–Trinajstić information content (AvgIpc) is 3.67. The van der Waals surface area contributed by atoms with Crippen LogP contribution in [0.25, 0.3) is 11.1 Å². The smallest absolute Gasteiger partial charge is 0.242 e. The van der Waals surface area contributed by atoms with Gasteiger partial charge in [-0.3, -0.25) is 4.79 Å². The van der Waals surface area contributed by atoms with E-state index >= 15 is 0 Å². The van der Waals surface area contributed by atoms with Crippen molar-refractivity contribution < 1.29 is 9.53 Å². The summed E-state index contributed by atoms with van der Waals surface area (Å²) in [6, 6.07) is 4.30. The number of hydrogen-bond donors (Lipinski definition) is 2. The fraction of sp³-hybridized carbons (Fsp3) is 0.640. The van der Waals surface area contributed by atoms with Crippen molar-refractivity contribution >= 4 is 43.8 Å². The molecule has 0 saturated heterocycles. The SMILES string of the molecule is Cc1nn(COCC[Si](C)(C)C)c(C)c1-c1ccc(NC(=O)[C@@H](N)C(C2CC2)C2CC2)nc1Cl.Cl. The monoisotopic (exact) mass is 539 g/mol. The molecule has 0 aliphatic heterocycles. The van der Waals surface area contributed by atoms with Crippen LogP contribution in [0.4, 0.5) is 5.82 Å². The zero-order chi connectivity index (χ0) is 24.6. The first-order valence-electron chi connectivity index (χ1n) is 12.4. The van der Waals surface area contributed by atoms with Gasteiger partial charge in [-0.05, 0) is 75.5 Å². The quantitative estimate of drug-likeness (QED) is 0.218. The lowest BCUT2D eigenvalue weighted by molar-refractivity contribution is -0.118. The number of aryl methyl sites for hydroxylation is 1. The molecule has 2 aliphatic carbocycles. The molecule has 4 rings (SSSR count). The van der Waals surface area contributed by atoms with Crippen LogP contribution in [0.1, 0.15) is 37.1 Å². The summed E-state index contributed by atoms with van der Waals surface area (Å²) < 4.78 is 7.76. The molecule has 1 amide bonds. The highest BCUT2D eigenvalue weighted by Gasteiger charge is 2.46. The van der Waals surface area contributed by atoms with Crippen LogP contribution < -0.4 is 11.1 Å². The van der Waals surface area contributed by atoms with Gasteiger partial charge >= 0.3 is 0 Å². The van der Waals surface area contributed by atoms with Crippen molar-refractivity contribution in [3.8, 4) is 11.1 Å². The van der Waals surface area contributed by atoms with Crippen molar-refractivity contribution in [1.29, 1.82) is 0 Å². The van der Waals surface area contributed by atoms with Gasteiger partial charge in [0.1, 0.15) is 17.7 Å². The van der Waals surface area contributed by atoms with Gasteiger partial charge in [-0.2, -0.15) is 5.10 Å². The first-order chi connectivity index (χ1) is 16.0. The fourth-order valence-corrected chi connectivity index (χ4v) is 5.76. The maximum absolute atomic E-state index is 12.8. The lowest BCUT2D eigenvalue weighted by atomic mass is 9.89. The molecule has 2 aromatic rings. The Balaban J connectivity index is 0.00000342. The highest BCUT2D eigenvalue weighted by molar-refractivity contribution is 6.76. The molecular weight excluding hydrogens is 501 g/mol. The number of nitrogens with zero attached hydrogens (tertiary/aromatic N) is 3. The standard InChI is InChI=1S/C25H38ClN5O2Si.ClH/c1-15-21(16(2)31(30-15)14-33-12-13-34(3,4)5)19-10-11-20(28-24(19)26)29-25(32)23(27)22(17-6-7-17)18-8-9-18;/h10-11,17-18,22-23H,6-9,12-14,27H2,1-5H3,(H,28,29,32);1H/t23-;/m0./s1. The van der Waals surface area contributed by atoms with Crippen LogP contribution in [-0.4, -0.2) is 41.4 Å². The predicted molar refractivity (Wildman–Crippen MR) is 147 cm³/mol. The number of nitrogens with two attached hydrogens (primary N) is 1. The third-order valence-electron chi connectivity index (χ3n) is 7.01. The van der Waals surface area contributed by atoms with Gasteiger partial charge in [-0.1, -0.05) is 31.2 Å².